The van der Waals surface area contributed by atoms with E-state index in [1.165, 1.54) is 45.2 Å². The predicted octanol–water partition coefficient (Wildman–Crippen LogP) is 2.27. The highest BCUT2D eigenvalue weighted by molar-refractivity contribution is 4.71. The van der Waals surface area contributed by atoms with Crippen LogP contribution in [0, 0.1) is 5.92 Å². The molecule has 2 heteroatoms. The lowest BCUT2D eigenvalue weighted by Gasteiger charge is -2.21. The number of nitrogens with zero attached hydrogens (tertiary/aromatic N) is 1. The van der Waals surface area contributed by atoms with Gasteiger partial charge in [0.05, 0.1) is 6.10 Å². The molecule has 0 radical (unpaired) electrons. The van der Waals surface area contributed by atoms with Crippen LogP contribution in [0.2, 0.25) is 0 Å². The Morgan fingerprint density at radius 3 is 2.79 bits per heavy atom. The van der Waals surface area contributed by atoms with Crippen molar-refractivity contribution >= 4 is 0 Å². The van der Waals surface area contributed by atoms with Crippen LogP contribution in [-0.4, -0.2) is 35.7 Å². The minimum Gasteiger partial charge on any atom is -0.392 e. The fraction of sp³-hybridized carbons (Fsp3) is 1.00. The van der Waals surface area contributed by atoms with E-state index in [1.54, 1.807) is 0 Å². The van der Waals surface area contributed by atoms with E-state index in [1.807, 2.05) is 6.92 Å². The number of likely N-dealkylation sites (tertiary alicyclic amines) is 1. The second kappa shape index (κ2) is 6.41. The van der Waals surface area contributed by atoms with Gasteiger partial charge in [-0.15, -0.1) is 0 Å². The fourth-order valence-corrected chi connectivity index (χ4v) is 2.48. The highest BCUT2D eigenvalue weighted by Crippen LogP contribution is 2.21. The summed E-state index contributed by atoms with van der Waals surface area (Å²) in [7, 11) is 0. The van der Waals surface area contributed by atoms with E-state index in [0.717, 1.165) is 12.5 Å². The lowest BCUT2D eigenvalue weighted by atomic mass is 9.96. The Hall–Kier alpha value is -0.0800. The minimum absolute atomic E-state index is 0.169. The maximum atomic E-state index is 9.32. The summed E-state index contributed by atoms with van der Waals surface area (Å²) < 4.78 is 0. The van der Waals surface area contributed by atoms with Crippen LogP contribution in [0.5, 0.6) is 0 Å². The highest BCUT2D eigenvalue weighted by atomic mass is 16.3. The first-order valence-electron chi connectivity index (χ1n) is 6.12. The summed E-state index contributed by atoms with van der Waals surface area (Å²) in [5.74, 6) is 0.944. The zero-order valence-electron chi connectivity index (χ0n) is 9.71. The molecule has 1 fully saturated rings. The molecular formula is C12H25NO. The number of hydrogen-bond acceptors (Lipinski definition) is 2. The van der Waals surface area contributed by atoms with Crippen LogP contribution >= 0.6 is 0 Å². The van der Waals surface area contributed by atoms with Crippen molar-refractivity contribution < 1.29 is 5.11 Å². The van der Waals surface area contributed by atoms with Gasteiger partial charge in [-0.3, -0.25) is 0 Å². The summed E-state index contributed by atoms with van der Waals surface area (Å²) in [5, 5.41) is 9.32. The highest BCUT2D eigenvalue weighted by Gasteiger charge is 2.16. The van der Waals surface area contributed by atoms with Gasteiger partial charge in [-0.05, 0) is 45.2 Å². The van der Waals surface area contributed by atoms with Gasteiger partial charge >= 0.3 is 0 Å². The van der Waals surface area contributed by atoms with E-state index in [4.69, 9.17) is 0 Å². The van der Waals surface area contributed by atoms with Crippen LogP contribution in [0.25, 0.3) is 0 Å². The molecule has 84 valence electrons. The molecule has 0 aromatic rings. The summed E-state index contributed by atoms with van der Waals surface area (Å²) in [6.45, 7) is 7.40. The molecule has 1 rings (SSSR count). The molecule has 1 saturated heterocycles. The Morgan fingerprint density at radius 1 is 1.36 bits per heavy atom. The molecule has 0 amide bonds. The van der Waals surface area contributed by atoms with Gasteiger partial charge in [0.15, 0.2) is 0 Å². The predicted molar refractivity (Wildman–Crippen MR) is 60.4 cm³/mol. The molecule has 0 aliphatic carbocycles. The van der Waals surface area contributed by atoms with Gasteiger partial charge in [0, 0.05) is 6.54 Å². The normalized spacial score (nSPS) is 27.2. The molecule has 0 spiro atoms. The minimum atomic E-state index is -0.169. The standard InChI is InChI=1S/C12H25NO/c1-3-5-12-6-4-8-13(9-7-12)10-11(2)14/h11-12,14H,3-10H2,1-2H3/t11-,12?/m1/s1. The third kappa shape index (κ3) is 4.43. The van der Waals surface area contributed by atoms with E-state index in [2.05, 4.69) is 11.8 Å². The molecule has 2 nitrogen and oxygen atoms in total. The largest absolute Gasteiger partial charge is 0.392 e. The monoisotopic (exact) mass is 199 g/mol. The Balaban J connectivity index is 2.25. The van der Waals surface area contributed by atoms with Gasteiger partial charge in [-0.1, -0.05) is 19.8 Å². The first kappa shape index (κ1) is 12.0. The van der Waals surface area contributed by atoms with Crippen molar-refractivity contribution in [2.45, 2.75) is 52.1 Å². The first-order valence-corrected chi connectivity index (χ1v) is 6.12. The summed E-state index contributed by atoms with van der Waals surface area (Å²) in [5.41, 5.74) is 0. The van der Waals surface area contributed by atoms with Gasteiger partial charge in [0.2, 0.25) is 0 Å². The quantitative estimate of drug-likeness (QED) is 0.751. The molecule has 1 N–H and O–H groups in total. The lowest BCUT2D eigenvalue weighted by Crippen LogP contribution is -2.31. The molecule has 2 atom stereocenters. The zero-order valence-corrected chi connectivity index (χ0v) is 9.71. The smallest absolute Gasteiger partial charge is 0.0639 e. The van der Waals surface area contributed by atoms with E-state index in [9.17, 15) is 5.11 Å². The van der Waals surface area contributed by atoms with Gasteiger partial charge in [0.1, 0.15) is 0 Å². The Bertz CT molecular complexity index is 147. The Morgan fingerprint density at radius 2 is 2.14 bits per heavy atom. The van der Waals surface area contributed by atoms with Gasteiger partial charge in [-0.2, -0.15) is 0 Å². The van der Waals surface area contributed by atoms with Crippen molar-refractivity contribution in [3.05, 3.63) is 0 Å². The number of aliphatic hydroxyl groups is 1. The van der Waals surface area contributed by atoms with Crippen molar-refractivity contribution in [3.8, 4) is 0 Å². The van der Waals surface area contributed by atoms with Crippen LogP contribution in [0.3, 0.4) is 0 Å². The second-order valence-corrected chi connectivity index (χ2v) is 4.74. The molecule has 0 aromatic carbocycles. The van der Waals surface area contributed by atoms with E-state index < -0.39 is 0 Å². The summed E-state index contributed by atoms with van der Waals surface area (Å²) >= 11 is 0. The second-order valence-electron chi connectivity index (χ2n) is 4.74. The van der Waals surface area contributed by atoms with Crippen LogP contribution < -0.4 is 0 Å². The number of β-amino-alcohol motifs (C(OH)–C–C–N with tert-alkyl or cyclic N) is 1. The van der Waals surface area contributed by atoms with Crippen LogP contribution in [0.4, 0.5) is 0 Å². The Labute approximate surface area is 88.3 Å². The Kier molecular flexibility index (Phi) is 5.49. The summed E-state index contributed by atoms with van der Waals surface area (Å²) in [6.07, 6.45) is 6.59. The van der Waals surface area contributed by atoms with Crippen LogP contribution in [0.1, 0.15) is 46.0 Å². The molecule has 1 aliphatic heterocycles. The molecule has 1 aliphatic rings. The molecule has 0 saturated carbocycles. The number of rotatable bonds is 4. The van der Waals surface area contributed by atoms with Crippen LogP contribution in [-0.2, 0) is 0 Å². The first-order chi connectivity index (χ1) is 6.72. The van der Waals surface area contributed by atoms with Crippen molar-refractivity contribution in [1.82, 2.24) is 4.90 Å². The molecule has 1 unspecified atom stereocenters. The van der Waals surface area contributed by atoms with Gasteiger partial charge < -0.3 is 10.0 Å². The third-order valence-electron chi connectivity index (χ3n) is 3.16. The lowest BCUT2D eigenvalue weighted by molar-refractivity contribution is 0.128. The molecule has 0 bridgehead atoms. The van der Waals surface area contributed by atoms with Crippen molar-refractivity contribution in [1.29, 1.82) is 0 Å². The zero-order chi connectivity index (χ0) is 10.4. The molecule has 1 heterocycles. The van der Waals surface area contributed by atoms with E-state index in [-0.39, 0.29) is 6.10 Å². The third-order valence-corrected chi connectivity index (χ3v) is 3.16. The van der Waals surface area contributed by atoms with Crippen molar-refractivity contribution in [2.75, 3.05) is 19.6 Å². The van der Waals surface area contributed by atoms with Crippen molar-refractivity contribution in [3.63, 3.8) is 0 Å². The summed E-state index contributed by atoms with van der Waals surface area (Å²) in [6, 6.07) is 0. The van der Waals surface area contributed by atoms with E-state index in [0.29, 0.717) is 0 Å². The van der Waals surface area contributed by atoms with Crippen LogP contribution in [0.15, 0.2) is 0 Å². The maximum absolute atomic E-state index is 9.32. The number of hydrogen-bond donors (Lipinski definition) is 1. The summed E-state index contributed by atoms with van der Waals surface area (Å²) in [4.78, 5) is 2.42. The fourth-order valence-electron chi connectivity index (χ4n) is 2.48. The average Bonchev–Trinajstić information content (AvgIpc) is 2.31. The van der Waals surface area contributed by atoms with Gasteiger partial charge in [0.25, 0.3) is 0 Å². The van der Waals surface area contributed by atoms with Crippen molar-refractivity contribution in [2.24, 2.45) is 5.92 Å². The van der Waals surface area contributed by atoms with Gasteiger partial charge in [-0.25, -0.2) is 0 Å². The SMILES string of the molecule is CCCC1CCCN(C[C@@H](C)O)CC1. The van der Waals surface area contributed by atoms with E-state index >= 15 is 0 Å². The molecular weight excluding hydrogens is 174 g/mol. The maximum Gasteiger partial charge on any atom is 0.0639 e. The topological polar surface area (TPSA) is 23.5 Å². The average molecular weight is 199 g/mol. The number of aliphatic hydroxyl groups excluding tert-OH is 1. The molecule has 0 aromatic heterocycles. The molecule has 14 heavy (non-hydrogen) atoms.